The van der Waals surface area contributed by atoms with Crippen LogP contribution in [0, 0.1) is 0 Å². The van der Waals surface area contributed by atoms with Gasteiger partial charge in [-0.2, -0.15) is 0 Å². The summed E-state index contributed by atoms with van der Waals surface area (Å²) in [5.41, 5.74) is 0. The molecule has 3 nitrogen and oxygen atoms in total. The highest BCUT2D eigenvalue weighted by atomic mass is 32.2. The lowest BCUT2D eigenvalue weighted by atomic mass is 9.99. The van der Waals surface area contributed by atoms with Crippen LogP contribution in [0.3, 0.4) is 0 Å². The van der Waals surface area contributed by atoms with E-state index in [-0.39, 0.29) is 9.12 Å². The molecular formula is C17H29NO2S2Si. The number of hydrogen-bond acceptors (Lipinski definition) is 4. The Morgan fingerprint density at radius 2 is 1.91 bits per heavy atom. The van der Waals surface area contributed by atoms with E-state index in [1.807, 2.05) is 29.6 Å². The van der Waals surface area contributed by atoms with Gasteiger partial charge in [0.15, 0.2) is 8.24 Å². The molecule has 0 unspecified atom stereocenters. The molecule has 0 aromatic carbocycles. The number of carbonyl (C=O) groups is 1. The predicted molar refractivity (Wildman–Crippen MR) is 104 cm³/mol. The smallest absolute Gasteiger partial charge is 0.216 e. The summed E-state index contributed by atoms with van der Waals surface area (Å²) in [5, 5.41) is 0.174. The van der Waals surface area contributed by atoms with Gasteiger partial charge in [-0.15, -0.1) is 23.5 Å². The number of hydrogen-bond donors (Lipinski definition) is 0. The molecule has 0 bridgehead atoms. The molecular weight excluding hydrogens is 342 g/mol. The summed E-state index contributed by atoms with van der Waals surface area (Å²) < 4.78 is 7.86. The third-order valence-corrected chi connectivity index (χ3v) is 14.1. The largest absolute Gasteiger partial charge is 0.467 e. The Morgan fingerprint density at radius 1 is 1.30 bits per heavy atom. The van der Waals surface area contributed by atoms with Crippen LogP contribution < -0.4 is 0 Å². The fraction of sp³-hybridized carbons (Fsp3) is 0.706. The molecule has 2 heterocycles. The van der Waals surface area contributed by atoms with Crippen LogP contribution in [0.4, 0.5) is 0 Å². The quantitative estimate of drug-likeness (QED) is 0.393. The van der Waals surface area contributed by atoms with Crippen molar-refractivity contribution in [3.63, 3.8) is 0 Å². The minimum absolute atomic E-state index is 0.116. The molecule has 23 heavy (non-hydrogen) atoms. The van der Waals surface area contributed by atoms with Crippen LogP contribution in [0.25, 0.3) is 0 Å². The van der Waals surface area contributed by atoms with Crippen molar-refractivity contribution in [2.45, 2.75) is 61.9 Å². The SMILES string of the molecule is CSC(C[C@@H]1CC(=O)N1[Si](C)(C)C(C)(C)C)(SC)c1ccco1. The molecule has 1 amide bonds. The Labute approximate surface area is 150 Å². The molecule has 2 rings (SSSR count). The van der Waals surface area contributed by atoms with Crippen molar-refractivity contribution in [3.05, 3.63) is 24.2 Å². The van der Waals surface area contributed by atoms with Crippen molar-refractivity contribution in [2.75, 3.05) is 12.5 Å². The molecule has 1 saturated heterocycles. The molecule has 0 saturated carbocycles. The van der Waals surface area contributed by atoms with Crippen LogP contribution >= 0.6 is 23.5 Å². The zero-order valence-electron chi connectivity index (χ0n) is 15.3. The Bertz CT molecular complexity index is 547. The Balaban J connectivity index is 2.26. The molecule has 1 fully saturated rings. The third kappa shape index (κ3) is 3.26. The van der Waals surface area contributed by atoms with Crippen molar-refractivity contribution in [2.24, 2.45) is 0 Å². The number of carbonyl (C=O) groups excluding carboxylic acids is 1. The van der Waals surface area contributed by atoms with Crippen molar-refractivity contribution in [1.29, 1.82) is 0 Å². The van der Waals surface area contributed by atoms with E-state index in [4.69, 9.17) is 4.42 Å². The molecule has 1 aliphatic heterocycles. The molecule has 1 atom stereocenters. The fourth-order valence-electron chi connectivity index (χ4n) is 3.13. The van der Waals surface area contributed by atoms with E-state index in [1.165, 1.54) is 0 Å². The lowest BCUT2D eigenvalue weighted by Crippen LogP contribution is -2.68. The van der Waals surface area contributed by atoms with Gasteiger partial charge in [-0.05, 0) is 36.1 Å². The highest BCUT2D eigenvalue weighted by Gasteiger charge is 2.53. The van der Waals surface area contributed by atoms with Gasteiger partial charge in [-0.1, -0.05) is 33.9 Å². The van der Waals surface area contributed by atoms with Gasteiger partial charge in [0, 0.05) is 12.5 Å². The maximum atomic E-state index is 12.4. The number of β-lactam (4-membered cyclic amide) rings is 1. The lowest BCUT2D eigenvalue weighted by Gasteiger charge is -2.56. The first-order valence-electron chi connectivity index (χ1n) is 8.05. The van der Waals surface area contributed by atoms with Gasteiger partial charge >= 0.3 is 0 Å². The highest BCUT2D eigenvalue weighted by Crippen LogP contribution is 2.52. The Kier molecular flexibility index (Phi) is 5.39. The van der Waals surface area contributed by atoms with Gasteiger partial charge in [-0.25, -0.2) is 0 Å². The molecule has 130 valence electrons. The molecule has 0 aliphatic carbocycles. The van der Waals surface area contributed by atoms with E-state index in [1.54, 1.807) is 6.26 Å². The lowest BCUT2D eigenvalue weighted by molar-refractivity contribution is -0.139. The van der Waals surface area contributed by atoms with Crippen molar-refractivity contribution >= 4 is 37.7 Å². The molecule has 1 aromatic rings. The molecule has 1 aromatic heterocycles. The maximum absolute atomic E-state index is 12.4. The highest BCUT2D eigenvalue weighted by molar-refractivity contribution is 8.16. The van der Waals surface area contributed by atoms with Gasteiger partial charge in [0.05, 0.1) is 6.26 Å². The second-order valence-electron chi connectivity index (χ2n) is 7.77. The number of amides is 1. The van der Waals surface area contributed by atoms with Crippen LogP contribution in [0.1, 0.15) is 39.4 Å². The second-order valence-corrected chi connectivity index (χ2v) is 15.3. The van der Waals surface area contributed by atoms with Gasteiger partial charge in [0.25, 0.3) is 0 Å². The minimum atomic E-state index is -1.82. The number of nitrogens with zero attached hydrogens (tertiary/aromatic N) is 1. The topological polar surface area (TPSA) is 33.5 Å². The number of rotatable bonds is 6. The molecule has 0 spiro atoms. The number of thioether (sulfide) groups is 2. The van der Waals surface area contributed by atoms with Crippen LogP contribution in [-0.2, 0) is 8.87 Å². The Hall–Kier alpha value is -0.333. The van der Waals surface area contributed by atoms with E-state index >= 15 is 0 Å². The minimum Gasteiger partial charge on any atom is -0.467 e. The first kappa shape index (κ1) is 19.0. The summed E-state index contributed by atoms with van der Waals surface area (Å²) in [4.78, 5) is 12.4. The summed E-state index contributed by atoms with van der Waals surface area (Å²) >= 11 is 3.64. The second kappa shape index (κ2) is 6.52. The fourth-order valence-corrected chi connectivity index (χ4v) is 7.69. The summed E-state index contributed by atoms with van der Waals surface area (Å²) in [6.45, 7) is 11.5. The molecule has 0 N–H and O–H groups in total. The number of furan rings is 1. The molecule has 1 aliphatic rings. The normalized spacial score (nSPS) is 19.9. The van der Waals surface area contributed by atoms with Crippen LogP contribution in [-0.4, -0.2) is 37.3 Å². The van der Waals surface area contributed by atoms with E-state index in [9.17, 15) is 4.79 Å². The maximum Gasteiger partial charge on any atom is 0.216 e. The van der Waals surface area contributed by atoms with Crippen LogP contribution in [0.15, 0.2) is 22.8 Å². The van der Waals surface area contributed by atoms with Crippen molar-refractivity contribution in [1.82, 2.24) is 4.57 Å². The van der Waals surface area contributed by atoms with Gasteiger partial charge in [-0.3, -0.25) is 4.79 Å². The van der Waals surface area contributed by atoms with E-state index < -0.39 is 8.24 Å². The van der Waals surface area contributed by atoms with Crippen LogP contribution in [0.2, 0.25) is 18.1 Å². The van der Waals surface area contributed by atoms with Crippen LogP contribution in [0.5, 0.6) is 0 Å². The van der Waals surface area contributed by atoms with E-state index in [0.717, 1.165) is 12.2 Å². The average Bonchev–Trinajstić information content (AvgIpc) is 2.96. The van der Waals surface area contributed by atoms with E-state index in [2.05, 4.69) is 57.0 Å². The zero-order valence-corrected chi connectivity index (χ0v) is 17.9. The third-order valence-electron chi connectivity index (χ3n) is 5.54. The standard InChI is InChI=1S/C17H29NO2S2Si/c1-16(2,3)23(6,7)18-13(11-15(18)19)12-17(21-4,22-5)14-9-8-10-20-14/h8-10,13H,11-12H2,1-7H3/t13-/m0/s1. The van der Waals surface area contributed by atoms with Crippen molar-refractivity contribution < 1.29 is 9.21 Å². The first-order valence-corrected chi connectivity index (χ1v) is 13.4. The monoisotopic (exact) mass is 371 g/mol. The zero-order chi connectivity index (χ0) is 17.5. The summed E-state index contributed by atoms with van der Waals surface area (Å²) in [6, 6.07) is 4.34. The summed E-state index contributed by atoms with van der Waals surface area (Å²) in [6.07, 6.45) is 7.64. The first-order chi connectivity index (χ1) is 10.6. The van der Waals surface area contributed by atoms with Gasteiger partial charge in [0.2, 0.25) is 5.91 Å². The van der Waals surface area contributed by atoms with Gasteiger partial charge in [0.1, 0.15) is 9.84 Å². The predicted octanol–water partition coefficient (Wildman–Crippen LogP) is 5.15. The van der Waals surface area contributed by atoms with E-state index in [0.29, 0.717) is 18.4 Å². The summed E-state index contributed by atoms with van der Waals surface area (Å²) in [5.74, 6) is 1.34. The van der Waals surface area contributed by atoms with Crippen molar-refractivity contribution in [3.8, 4) is 0 Å². The molecule has 0 radical (unpaired) electrons. The van der Waals surface area contributed by atoms with Gasteiger partial charge < -0.3 is 8.98 Å². The Morgan fingerprint density at radius 3 is 2.30 bits per heavy atom. The molecule has 6 heteroatoms. The summed E-state index contributed by atoms with van der Waals surface area (Å²) in [7, 11) is -1.82. The average molecular weight is 372 g/mol.